The quantitative estimate of drug-likeness (QED) is 0.833. The molecule has 1 aliphatic heterocycles. The first-order valence-electron chi connectivity index (χ1n) is 8.22. The van der Waals surface area contributed by atoms with Crippen molar-refractivity contribution < 1.29 is 9.59 Å². The van der Waals surface area contributed by atoms with Gasteiger partial charge in [0, 0.05) is 32.8 Å². The van der Waals surface area contributed by atoms with Gasteiger partial charge in [-0.1, -0.05) is 13.8 Å². The number of amides is 2. The Morgan fingerprint density at radius 3 is 2.61 bits per heavy atom. The molecule has 0 aliphatic carbocycles. The Bertz CT molecular complexity index is 553. The van der Waals surface area contributed by atoms with Crippen molar-refractivity contribution >= 4 is 17.6 Å². The van der Waals surface area contributed by atoms with Gasteiger partial charge in [-0.2, -0.15) is 0 Å². The minimum absolute atomic E-state index is 0.0384. The van der Waals surface area contributed by atoms with Gasteiger partial charge in [0.1, 0.15) is 11.9 Å². The van der Waals surface area contributed by atoms with E-state index in [-0.39, 0.29) is 17.7 Å². The molecule has 0 bridgehead atoms. The number of pyridine rings is 1. The van der Waals surface area contributed by atoms with Crippen LogP contribution >= 0.6 is 0 Å². The van der Waals surface area contributed by atoms with E-state index in [1.54, 1.807) is 6.20 Å². The summed E-state index contributed by atoms with van der Waals surface area (Å²) in [5, 5.41) is 5.60. The average Bonchev–Trinajstić information content (AvgIpc) is 3.04. The number of hydrogen-bond donors (Lipinski definition) is 2. The zero-order valence-corrected chi connectivity index (χ0v) is 14.1. The highest BCUT2D eigenvalue weighted by Crippen LogP contribution is 2.18. The minimum Gasteiger partial charge on any atom is -0.357 e. The molecule has 1 aliphatic rings. The smallest absolute Gasteiger partial charge is 0.243 e. The summed E-state index contributed by atoms with van der Waals surface area (Å²) >= 11 is 0. The first kappa shape index (κ1) is 17.2. The highest BCUT2D eigenvalue weighted by Gasteiger charge is 2.22. The zero-order valence-electron chi connectivity index (χ0n) is 14.1. The minimum atomic E-state index is -0.507. The topological polar surface area (TPSA) is 74.3 Å². The lowest BCUT2D eigenvalue weighted by atomic mass is 10.0. The lowest BCUT2D eigenvalue weighted by Crippen LogP contribution is -2.48. The van der Waals surface area contributed by atoms with Crippen LogP contribution in [0.4, 0.5) is 5.82 Å². The average molecular weight is 318 g/mol. The maximum absolute atomic E-state index is 12.3. The third-order valence-electron chi connectivity index (χ3n) is 4.01. The molecule has 0 radical (unpaired) electrons. The van der Waals surface area contributed by atoms with Gasteiger partial charge in [0.25, 0.3) is 0 Å². The summed E-state index contributed by atoms with van der Waals surface area (Å²) in [6.45, 7) is 7.77. The van der Waals surface area contributed by atoms with Gasteiger partial charge in [-0.25, -0.2) is 4.98 Å². The predicted octanol–water partition coefficient (Wildman–Crippen LogP) is 1.46. The molecule has 126 valence electrons. The van der Waals surface area contributed by atoms with Gasteiger partial charge < -0.3 is 15.5 Å². The fourth-order valence-electron chi connectivity index (χ4n) is 2.74. The first-order chi connectivity index (χ1) is 11.0. The molecule has 6 nitrogen and oxygen atoms in total. The molecule has 6 heteroatoms. The van der Waals surface area contributed by atoms with E-state index in [0.29, 0.717) is 6.54 Å². The van der Waals surface area contributed by atoms with Gasteiger partial charge in [0.15, 0.2) is 0 Å². The molecular formula is C17H26N4O2. The summed E-state index contributed by atoms with van der Waals surface area (Å²) < 4.78 is 0. The van der Waals surface area contributed by atoms with E-state index in [0.717, 1.165) is 24.5 Å². The molecule has 2 amide bonds. The summed E-state index contributed by atoms with van der Waals surface area (Å²) in [6, 6.07) is 3.42. The summed E-state index contributed by atoms with van der Waals surface area (Å²) in [5.41, 5.74) is 1.01. The number of nitrogens with zero attached hydrogens (tertiary/aromatic N) is 2. The van der Waals surface area contributed by atoms with Crippen LogP contribution in [0.3, 0.4) is 0 Å². The molecule has 2 heterocycles. The van der Waals surface area contributed by atoms with E-state index >= 15 is 0 Å². The maximum Gasteiger partial charge on any atom is 0.243 e. The van der Waals surface area contributed by atoms with Crippen LogP contribution in [-0.2, 0) is 16.1 Å². The van der Waals surface area contributed by atoms with Gasteiger partial charge >= 0.3 is 0 Å². The largest absolute Gasteiger partial charge is 0.357 e. The molecule has 1 aromatic heterocycles. The summed E-state index contributed by atoms with van der Waals surface area (Å²) in [5.74, 6) is 0.654. The van der Waals surface area contributed by atoms with E-state index in [9.17, 15) is 9.59 Å². The highest BCUT2D eigenvalue weighted by atomic mass is 16.2. The van der Waals surface area contributed by atoms with Crippen LogP contribution in [0.5, 0.6) is 0 Å². The van der Waals surface area contributed by atoms with Crippen molar-refractivity contribution in [1.82, 2.24) is 15.6 Å². The molecule has 0 aromatic carbocycles. The van der Waals surface area contributed by atoms with Crippen molar-refractivity contribution in [1.29, 1.82) is 0 Å². The summed E-state index contributed by atoms with van der Waals surface area (Å²) in [7, 11) is 0. The fourth-order valence-corrected chi connectivity index (χ4v) is 2.74. The Kier molecular flexibility index (Phi) is 5.96. The van der Waals surface area contributed by atoms with Crippen molar-refractivity contribution in [2.75, 3.05) is 18.0 Å². The highest BCUT2D eigenvalue weighted by molar-refractivity contribution is 5.87. The number of carbonyl (C=O) groups excluding carboxylic acids is 2. The van der Waals surface area contributed by atoms with Crippen LogP contribution in [0.15, 0.2) is 18.3 Å². The van der Waals surface area contributed by atoms with Crippen molar-refractivity contribution in [3.05, 3.63) is 23.9 Å². The summed E-state index contributed by atoms with van der Waals surface area (Å²) in [6.07, 6.45) is 4.19. The third-order valence-corrected chi connectivity index (χ3v) is 4.01. The SMILES string of the molecule is CC(=O)NC(C(=O)NCc1ccnc(N2CCCC2)c1)C(C)C. The molecule has 0 spiro atoms. The molecule has 0 saturated carbocycles. The zero-order chi connectivity index (χ0) is 16.8. The van der Waals surface area contributed by atoms with Crippen LogP contribution in [0, 0.1) is 5.92 Å². The number of aromatic nitrogens is 1. The normalized spacial score (nSPS) is 15.6. The Balaban J connectivity index is 1.95. The number of nitrogens with one attached hydrogen (secondary N) is 2. The third kappa shape index (κ3) is 4.94. The monoisotopic (exact) mass is 318 g/mol. The Hall–Kier alpha value is -2.11. The van der Waals surface area contributed by atoms with Crippen LogP contribution in [-0.4, -0.2) is 35.9 Å². The fraction of sp³-hybridized carbons (Fsp3) is 0.588. The van der Waals surface area contributed by atoms with Crippen LogP contribution in [0.1, 0.15) is 39.2 Å². The molecule has 1 fully saturated rings. The Morgan fingerprint density at radius 1 is 1.30 bits per heavy atom. The Morgan fingerprint density at radius 2 is 2.00 bits per heavy atom. The molecular weight excluding hydrogens is 292 g/mol. The molecule has 1 atom stereocenters. The standard InChI is InChI=1S/C17H26N4O2/c1-12(2)16(20-13(3)22)17(23)19-11-14-6-7-18-15(10-14)21-8-4-5-9-21/h6-7,10,12,16H,4-5,8-9,11H2,1-3H3,(H,19,23)(H,20,22). The van der Waals surface area contributed by atoms with Crippen LogP contribution in [0.2, 0.25) is 0 Å². The van der Waals surface area contributed by atoms with Gasteiger partial charge in [-0.05, 0) is 36.5 Å². The second-order valence-electron chi connectivity index (χ2n) is 6.36. The van der Waals surface area contributed by atoms with Crippen LogP contribution in [0.25, 0.3) is 0 Å². The van der Waals surface area contributed by atoms with E-state index in [1.807, 2.05) is 26.0 Å². The molecule has 2 rings (SSSR count). The molecule has 2 N–H and O–H groups in total. The Labute approximate surface area is 137 Å². The van der Waals surface area contributed by atoms with Gasteiger partial charge in [0.05, 0.1) is 0 Å². The van der Waals surface area contributed by atoms with Crippen molar-refractivity contribution in [2.24, 2.45) is 5.92 Å². The molecule has 1 unspecified atom stereocenters. The van der Waals surface area contributed by atoms with Gasteiger partial charge in [-0.15, -0.1) is 0 Å². The van der Waals surface area contributed by atoms with Crippen molar-refractivity contribution in [3.63, 3.8) is 0 Å². The maximum atomic E-state index is 12.3. The first-order valence-corrected chi connectivity index (χ1v) is 8.22. The number of carbonyl (C=O) groups is 2. The van der Waals surface area contributed by atoms with Crippen LogP contribution < -0.4 is 15.5 Å². The number of hydrogen-bond acceptors (Lipinski definition) is 4. The molecule has 1 aromatic rings. The van der Waals surface area contributed by atoms with E-state index in [4.69, 9.17) is 0 Å². The lowest BCUT2D eigenvalue weighted by molar-refractivity contribution is -0.129. The predicted molar refractivity (Wildman–Crippen MR) is 90.0 cm³/mol. The van der Waals surface area contributed by atoms with Gasteiger partial charge in [0.2, 0.25) is 11.8 Å². The van der Waals surface area contributed by atoms with E-state index in [2.05, 4.69) is 20.5 Å². The van der Waals surface area contributed by atoms with Crippen molar-refractivity contribution in [2.45, 2.75) is 46.2 Å². The van der Waals surface area contributed by atoms with Gasteiger partial charge in [-0.3, -0.25) is 9.59 Å². The number of anilines is 1. The summed E-state index contributed by atoms with van der Waals surface area (Å²) in [4.78, 5) is 30.2. The van der Waals surface area contributed by atoms with E-state index in [1.165, 1.54) is 19.8 Å². The van der Waals surface area contributed by atoms with Crippen molar-refractivity contribution in [3.8, 4) is 0 Å². The number of rotatable bonds is 6. The van der Waals surface area contributed by atoms with E-state index < -0.39 is 6.04 Å². The molecule has 1 saturated heterocycles. The second kappa shape index (κ2) is 7.94. The lowest BCUT2D eigenvalue weighted by Gasteiger charge is -2.21. The molecule has 23 heavy (non-hydrogen) atoms. The second-order valence-corrected chi connectivity index (χ2v) is 6.36.